The number of rotatable bonds is 5. The zero-order chi connectivity index (χ0) is 12.8. The molecule has 0 radical (unpaired) electrons. The minimum atomic E-state index is -0.279. The summed E-state index contributed by atoms with van der Waals surface area (Å²) in [5, 5.41) is 2.98. The molecule has 0 saturated heterocycles. The van der Waals surface area contributed by atoms with Gasteiger partial charge in [0.2, 0.25) is 0 Å². The Morgan fingerprint density at radius 1 is 1.41 bits per heavy atom. The van der Waals surface area contributed by atoms with Crippen LogP contribution in [-0.4, -0.2) is 25.7 Å². The molecule has 0 unspecified atom stereocenters. The van der Waals surface area contributed by atoms with Crippen molar-refractivity contribution in [2.45, 2.75) is 20.0 Å². The lowest BCUT2D eigenvalue weighted by atomic mass is 10.3. The highest BCUT2D eigenvalue weighted by Crippen LogP contribution is 2.24. The molecule has 1 aromatic carbocycles. The number of ether oxygens (including phenoxy) is 2. The summed E-state index contributed by atoms with van der Waals surface area (Å²) in [6, 6.07) is 5.52. The Labute approximate surface area is 109 Å². The van der Waals surface area contributed by atoms with Crippen molar-refractivity contribution in [3.8, 4) is 5.75 Å². The first-order valence-corrected chi connectivity index (χ1v) is 6.08. The van der Waals surface area contributed by atoms with Crippen molar-refractivity contribution in [2.75, 3.05) is 19.0 Å². The minimum Gasteiger partial charge on any atom is -0.497 e. The molecule has 17 heavy (non-hydrogen) atoms. The van der Waals surface area contributed by atoms with Gasteiger partial charge in [0.1, 0.15) is 12.3 Å². The van der Waals surface area contributed by atoms with E-state index in [1.165, 1.54) is 0 Å². The molecule has 0 fully saturated rings. The van der Waals surface area contributed by atoms with Crippen LogP contribution in [0, 0.1) is 0 Å². The molecule has 94 valence electrons. The van der Waals surface area contributed by atoms with Crippen molar-refractivity contribution in [3.05, 3.63) is 22.7 Å². The number of carbonyl (C=O) groups excluding carboxylic acids is 1. The van der Waals surface area contributed by atoms with E-state index in [2.05, 4.69) is 21.2 Å². The van der Waals surface area contributed by atoms with E-state index in [-0.39, 0.29) is 18.6 Å². The third-order valence-corrected chi connectivity index (χ3v) is 2.37. The first-order chi connectivity index (χ1) is 8.01. The predicted molar refractivity (Wildman–Crippen MR) is 70.4 cm³/mol. The highest BCUT2D eigenvalue weighted by atomic mass is 79.9. The first kappa shape index (κ1) is 13.8. The SMILES string of the molecule is COc1cc(Br)cc(NCC(=O)OC(C)C)c1. The summed E-state index contributed by atoms with van der Waals surface area (Å²) in [6.07, 6.45) is -0.0960. The summed E-state index contributed by atoms with van der Waals surface area (Å²) in [7, 11) is 1.60. The highest BCUT2D eigenvalue weighted by Gasteiger charge is 2.06. The molecule has 1 rings (SSSR count). The fraction of sp³-hybridized carbons (Fsp3) is 0.417. The van der Waals surface area contributed by atoms with Crippen molar-refractivity contribution in [1.82, 2.24) is 0 Å². The smallest absolute Gasteiger partial charge is 0.325 e. The number of halogens is 1. The van der Waals surface area contributed by atoms with Crippen LogP contribution in [0.2, 0.25) is 0 Å². The quantitative estimate of drug-likeness (QED) is 0.850. The molecular weight excluding hydrogens is 286 g/mol. The maximum Gasteiger partial charge on any atom is 0.325 e. The van der Waals surface area contributed by atoms with E-state index in [1.807, 2.05) is 32.0 Å². The van der Waals surface area contributed by atoms with Crippen LogP contribution in [-0.2, 0) is 9.53 Å². The van der Waals surface area contributed by atoms with Gasteiger partial charge in [-0.25, -0.2) is 0 Å². The van der Waals surface area contributed by atoms with Gasteiger partial charge in [-0.2, -0.15) is 0 Å². The lowest BCUT2D eigenvalue weighted by Crippen LogP contribution is -2.20. The fourth-order valence-corrected chi connectivity index (χ4v) is 1.73. The van der Waals surface area contributed by atoms with Gasteiger partial charge in [0.05, 0.1) is 13.2 Å². The molecule has 0 aliphatic rings. The van der Waals surface area contributed by atoms with Crippen molar-refractivity contribution in [3.63, 3.8) is 0 Å². The van der Waals surface area contributed by atoms with Crippen molar-refractivity contribution in [1.29, 1.82) is 0 Å². The second-order valence-corrected chi connectivity index (χ2v) is 4.69. The van der Waals surface area contributed by atoms with E-state index in [9.17, 15) is 4.79 Å². The Bertz CT molecular complexity index is 393. The molecule has 0 amide bonds. The summed E-state index contributed by atoms with van der Waals surface area (Å²) in [5.41, 5.74) is 0.803. The number of anilines is 1. The molecule has 0 heterocycles. The maximum atomic E-state index is 11.3. The average molecular weight is 302 g/mol. The van der Waals surface area contributed by atoms with Crippen molar-refractivity contribution in [2.24, 2.45) is 0 Å². The highest BCUT2D eigenvalue weighted by molar-refractivity contribution is 9.10. The standard InChI is InChI=1S/C12H16BrNO3/c1-8(2)17-12(15)7-14-10-4-9(13)5-11(6-10)16-3/h4-6,8,14H,7H2,1-3H3. The monoisotopic (exact) mass is 301 g/mol. The summed E-state index contributed by atoms with van der Waals surface area (Å²) in [5.74, 6) is 0.443. The van der Waals surface area contributed by atoms with E-state index < -0.39 is 0 Å². The Kier molecular flexibility index (Phi) is 5.28. The lowest BCUT2D eigenvalue weighted by Gasteiger charge is -2.10. The summed E-state index contributed by atoms with van der Waals surface area (Å²) >= 11 is 3.36. The van der Waals surface area contributed by atoms with Crippen LogP contribution in [0.3, 0.4) is 0 Å². The number of esters is 1. The molecule has 0 aromatic heterocycles. The van der Waals surface area contributed by atoms with E-state index in [4.69, 9.17) is 9.47 Å². The topological polar surface area (TPSA) is 47.6 Å². The van der Waals surface area contributed by atoms with Gasteiger partial charge >= 0.3 is 5.97 Å². The van der Waals surface area contributed by atoms with Crippen molar-refractivity contribution >= 4 is 27.6 Å². The molecule has 0 bridgehead atoms. The Morgan fingerprint density at radius 2 is 2.12 bits per heavy atom. The summed E-state index contributed by atoms with van der Waals surface area (Å²) in [6.45, 7) is 3.78. The van der Waals surface area contributed by atoms with Crippen LogP contribution < -0.4 is 10.1 Å². The number of methoxy groups -OCH3 is 1. The van der Waals surface area contributed by atoms with E-state index in [0.29, 0.717) is 0 Å². The second-order valence-electron chi connectivity index (χ2n) is 3.77. The second kappa shape index (κ2) is 6.49. The van der Waals surface area contributed by atoms with Gasteiger partial charge in [0.15, 0.2) is 0 Å². The van der Waals surface area contributed by atoms with Crippen LogP contribution in [0.4, 0.5) is 5.69 Å². The van der Waals surface area contributed by atoms with Crippen LogP contribution in [0.25, 0.3) is 0 Å². The summed E-state index contributed by atoms with van der Waals surface area (Å²) in [4.78, 5) is 11.3. The number of hydrogen-bond acceptors (Lipinski definition) is 4. The van der Waals surface area contributed by atoms with Gasteiger partial charge in [-0.1, -0.05) is 15.9 Å². The molecule has 4 nitrogen and oxygen atoms in total. The molecule has 0 atom stereocenters. The van der Waals surface area contributed by atoms with Gasteiger partial charge in [-0.3, -0.25) is 4.79 Å². The molecule has 0 spiro atoms. The van der Waals surface area contributed by atoms with Crippen LogP contribution in [0.1, 0.15) is 13.8 Å². The number of carbonyl (C=O) groups is 1. The third kappa shape index (κ3) is 5.08. The van der Waals surface area contributed by atoms with Gasteiger partial charge in [-0.15, -0.1) is 0 Å². The zero-order valence-corrected chi connectivity index (χ0v) is 11.7. The van der Waals surface area contributed by atoms with Gasteiger partial charge < -0.3 is 14.8 Å². The van der Waals surface area contributed by atoms with E-state index in [1.54, 1.807) is 7.11 Å². The van der Waals surface area contributed by atoms with E-state index in [0.717, 1.165) is 15.9 Å². The molecule has 0 saturated carbocycles. The Balaban J connectivity index is 2.57. The predicted octanol–water partition coefficient (Wildman–Crippen LogP) is 2.82. The average Bonchev–Trinajstić information content (AvgIpc) is 2.24. The van der Waals surface area contributed by atoms with Crippen molar-refractivity contribution < 1.29 is 14.3 Å². The normalized spacial score (nSPS) is 10.2. The van der Waals surface area contributed by atoms with E-state index >= 15 is 0 Å². The number of hydrogen-bond donors (Lipinski definition) is 1. The lowest BCUT2D eigenvalue weighted by molar-refractivity contribution is -0.145. The van der Waals surface area contributed by atoms with Crippen LogP contribution in [0.15, 0.2) is 22.7 Å². The number of nitrogens with one attached hydrogen (secondary N) is 1. The molecule has 1 N–H and O–H groups in total. The largest absolute Gasteiger partial charge is 0.497 e. The molecule has 0 aliphatic carbocycles. The Morgan fingerprint density at radius 3 is 2.71 bits per heavy atom. The maximum absolute atomic E-state index is 11.3. The Hall–Kier alpha value is -1.23. The summed E-state index contributed by atoms with van der Waals surface area (Å²) < 4.78 is 11.0. The molecular formula is C12H16BrNO3. The molecule has 1 aromatic rings. The molecule has 0 aliphatic heterocycles. The minimum absolute atomic E-state index is 0.0960. The van der Waals surface area contributed by atoms with Gasteiger partial charge in [0.25, 0.3) is 0 Å². The van der Waals surface area contributed by atoms with Gasteiger partial charge in [0, 0.05) is 16.2 Å². The van der Waals surface area contributed by atoms with Gasteiger partial charge in [-0.05, 0) is 26.0 Å². The number of benzene rings is 1. The molecule has 5 heteroatoms. The first-order valence-electron chi connectivity index (χ1n) is 5.29. The zero-order valence-electron chi connectivity index (χ0n) is 10.1. The van der Waals surface area contributed by atoms with Crippen LogP contribution >= 0.6 is 15.9 Å². The fourth-order valence-electron chi connectivity index (χ4n) is 1.26. The third-order valence-electron chi connectivity index (χ3n) is 1.91. The van der Waals surface area contributed by atoms with Crippen LogP contribution in [0.5, 0.6) is 5.75 Å².